The third-order valence-electron chi connectivity index (χ3n) is 3.02. The van der Waals surface area contributed by atoms with Gasteiger partial charge in [0.05, 0.1) is 5.69 Å². The number of benzene rings is 1. The number of hydrogen-bond donors (Lipinski definition) is 0. The lowest BCUT2D eigenvalue weighted by molar-refractivity contribution is -0.117. The number of anilines is 1. The smallest absolute Gasteiger partial charge is 0.224 e. The number of rotatable bonds is 0. The number of amides is 1. The minimum atomic E-state index is -0.850. The first-order valence-corrected chi connectivity index (χ1v) is 5.29. The van der Waals surface area contributed by atoms with Gasteiger partial charge in [-0.05, 0) is 31.9 Å². The van der Waals surface area contributed by atoms with Crippen molar-refractivity contribution in [3.63, 3.8) is 0 Å². The fourth-order valence-electron chi connectivity index (χ4n) is 2.25. The summed E-state index contributed by atoms with van der Waals surface area (Å²) in [4.78, 5) is 13.0. The zero-order valence-corrected chi connectivity index (χ0v) is 9.26. The SMILES string of the molecule is CC(=O)N1c2ccc(F)c(F)c2CC[C@@H]1C. The van der Waals surface area contributed by atoms with Crippen molar-refractivity contribution in [2.75, 3.05) is 4.90 Å². The van der Waals surface area contributed by atoms with Crippen LogP contribution in [-0.4, -0.2) is 11.9 Å². The lowest BCUT2D eigenvalue weighted by Crippen LogP contribution is -2.41. The highest BCUT2D eigenvalue weighted by Gasteiger charge is 2.28. The van der Waals surface area contributed by atoms with Crippen molar-refractivity contribution in [3.8, 4) is 0 Å². The standard InChI is InChI=1S/C12H13F2NO/c1-7-3-4-9-11(15(7)8(2)16)6-5-10(13)12(9)14/h5-7H,3-4H2,1-2H3/t7-/m0/s1. The molecule has 2 nitrogen and oxygen atoms in total. The molecule has 1 heterocycles. The molecule has 0 spiro atoms. The van der Waals surface area contributed by atoms with E-state index in [9.17, 15) is 13.6 Å². The second kappa shape index (κ2) is 3.85. The van der Waals surface area contributed by atoms with Crippen LogP contribution in [0.25, 0.3) is 0 Å². The number of carbonyl (C=O) groups excluding carboxylic acids is 1. The van der Waals surface area contributed by atoms with Gasteiger partial charge in [0.2, 0.25) is 5.91 Å². The highest BCUT2D eigenvalue weighted by Crippen LogP contribution is 2.33. The van der Waals surface area contributed by atoms with Crippen LogP contribution >= 0.6 is 0 Å². The summed E-state index contributed by atoms with van der Waals surface area (Å²) in [6.45, 7) is 3.35. The van der Waals surface area contributed by atoms with E-state index in [1.807, 2.05) is 6.92 Å². The van der Waals surface area contributed by atoms with Gasteiger partial charge in [-0.25, -0.2) is 8.78 Å². The summed E-state index contributed by atoms with van der Waals surface area (Å²) < 4.78 is 26.6. The van der Waals surface area contributed by atoms with Gasteiger partial charge in [0, 0.05) is 18.5 Å². The molecule has 1 aliphatic rings. The lowest BCUT2D eigenvalue weighted by atomic mass is 9.96. The Kier molecular flexibility index (Phi) is 2.66. The maximum atomic E-state index is 13.5. The van der Waals surface area contributed by atoms with Gasteiger partial charge >= 0.3 is 0 Å². The number of hydrogen-bond acceptors (Lipinski definition) is 1. The molecule has 0 saturated carbocycles. The van der Waals surface area contributed by atoms with E-state index >= 15 is 0 Å². The van der Waals surface area contributed by atoms with Crippen molar-refractivity contribution in [1.82, 2.24) is 0 Å². The van der Waals surface area contributed by atoms with Crippen molar-refractivity contribution in [3.05, 3.63) is 29.3 Å². The van der Waals surface area contributed by atoms with Crippen LogP contribution in [-0.2, 0) is 11.2 Å². The Morgan fingerprint density at radius 2 is 2.12 bits per heavy atom. The second-order valence-electron chi connectivity index (χ2n) is 4.14. The molecular weight excluding hydrogens is 212 g/mol. The van der Waals surface area contributed by atoms with E-state index in [4.69, 9.17) is 0 Å². The zero-order valence-electron chi connectivity index (χ0n) is 9.26. The minimum absolute atomic E-state index is 0.0369. The van der Waals surface area contributed by atoms with Gasteiger partial charge in [-0.1, -0.05) is 0 Å². The van der Waals surface area contributed by atoms with Crippen LogP contribution in [0.5, 0.6) is 0 Å². The van der Waals surface area contributed by atoms with E-state index in [-0.39, 0.29) is 11.9 Å². The number of carbonyl (C=O) groups is 1. The van der Waals surface area contributed by atoms with Crippen LogP contribution in [0.2, 0.25) is 0 Å². The van der Waals surface area contributed by atoms with Gasteiger partial charge < -0.3 is 4.90 Å². The molecule has 1 aromatic carbocycles. The lowest BCUT2D eigenvalue weighted by Gasteiger charge is -2.34. The maximum absolute atomic E-state index is 13.5. The van der Waals surface area contributed by atoms with Crippen LogP contribution in [0.15, 0.2) is 12.1 Å². The van der Waals surface area contributed by atoms with E-state index in [1.54, 1.807) is 0 Å². The molecule has 1 amide bonds. The molecule has 0 unspecified atom stereocenters. The predicted molar refractivity (Wildman–Crippen MR) is 57.3 cm³/mol. The fraction of sp³-hybridized carbons (Fsp3) is 0.417. The highest BCUT2D eigenvalue weighted by atomic mass is 19.2. The molecule has 4 heteroatoms. The minimum Gasteiger partial charge on any atom is -0.309 e. The molecule has 0 fully saturated rings. The molecule has 0 aliphatic carbocycles. The number of halogens is 2. The van der Waals surface area contributed by atoms with Crippen molar-refractivity contribution >= 4 is 11.6 Å². The van der Waals surface area contributed by atoms with Crippen molar-refractivity contribution in [2.24, 2.45) is 0 Å². The Morgan fingerprint density at radius 3 is 2.75 bits per heavy atom. The van der Waals surface area contributed by atoms with Gasteiger partial charge in [-0.2, -0.15) is 0 Å². The monoisotopic (exact) mass is 225 g/mol. The molecule has 2 rings (SSSR count). The molecule has 16 heavy (non-hydrogen) atoms. The van der Waals surface area contributed by atoms with Gasteiger partial charge in [0.15, 0.2) is 11.6 Å². The first-order chi connectivity index (χ1) is 7.52. The molecule has 1 atom stereocenters. The second-order valence-corrected chi connectivity index (χ2v) is 4.14. The molecule has 0 saturated heterocycles. The van der Waals surface area contributed by atoms with E-state index in [0.29, 0.717) is 24.1 Å². The number of nitrogens with zero attached hydrogens (tertiary/aromatic N) is 1. The highest BCUT2D eigenvalue weighted by molar-refractivity contribution is 5.93. The van der Waals surface area contributed by atoms with Gasteiger partial charge in [-0.15, -0.1) is 0 Å². The van der Waals surface area contributed by atoms with Gasteiger partial charge in [0.1, 0.15) is 0 Å². The van der Waals surface area contributed by atoms with Gasteiger partial charge in [0.25, 0.3) is 0 Å². The Bertz CT molecular complexity index is 445. The van der Waals surface area contributed by atoms with E-state index in [1.165, 1.54) is 17.9 Å². The predicted octanol–water partition coefficient (Wildman–Crippen LogP) is 2.65. The summed E-state index contributed by atoms with van der Waals surface area (Å²) in [6, 6.07) is 2.59. The fourth-order valence-corrected chi connectivity index (χ4v) is 2.25. The van der Waals surface area contributed by atoms with Crippen LogP contribution in [0.3, 0.4) is 0 Å². The Hall–Kier alpha value is -1.45. The molecule has 1 aliphatic heterocycles. The van der Waals surface area contributed by atoms with E-state index in [0.717, 1.165) is 6.07 Å². The molecular formula is C12H13F2NO. The third kappa shape index (κ3) is 1.58. The summed E-state index contributed by atoms with van der Waals surface area (Å²) >= 11 is 0. The van der Waals surface area contributed by atoms with E-state index < -0.39 is 11.6 Å². The summed E-state index contributed by atoms with van der Waals surface area (Å²) in [5, 5.41) is 0. The Morgan fingerprint density at radius 1 is 1.44 bits per heavy atom. The van der Waals surface area contributed by atoms with Crippen molar-refractivity contribution in [2.45, 2.75) is 32.7 Å². The zero-order chi connectivity index (χ0) is 11.9. The number of fused-ring (bicyclic) bond motifs is 1. The first-order valence-electron chi connectivity index (χ1n) is 5.29. The first kappa shape index (κ1) is 11.0. The van der Waals surface area contributed by atoms with E-state index in [2.05, 4.69) is 0 Å². The average molecular weight is 225 g/mol. The van der Waals surface area contributed by atoms with Crippen molar-refractivity contribution in [1.29, 1.82) is 0 Å². The average Bonchev–Trinajstić information content (AvgIpc) is 2.22. The largest absolute Gasteiger partial charge is 0.309 e. The third-order valence-corrected chi connectivity index (χ3v) is 3.02. The normalized spacial score (nSPS) is 19.5. The van der Waals surface area contributed by atoms with Crippen LogP contribution in [0.1, 0.15) is 25.8 Å². The van der Waals surface area contributed by atoms with Crippen LogP contribution < -0.4 is 4.90 Å². The quantitative estimate of drug-likeness (QED) is 0.664. The Balaban J connectivity index is 2.57. The molecule has 0 bridgehead atoms. The molecule has 1 aromatic rings. The van der Waals surface area contributed by atoms with Gasteiger partial charge in [-0.3, -0.25) is 4.79 Å². The molecule has 0 N–H and O–H groups in total. The molecule has 0 radical (unpaired) electrons. The van der Waals surface area contributed by atoms with Crippen LogP contribution in [0.4, 0.5) is 14.5 Å². The molecule has 0 aromatic heterocycles. The van der Waals surface area contributed by atoms with Crippen LogP contribution in [0, 0.1) is 11.6 Å². The maximum Gasteiger partial charge on any atom is 0.224 e. The van der Waals surface area contributed by atoms with Crippen molar-refractivity contribution < 1.29 is 13.6 Å². The summed E-state index contributed by atoms with van der Waals surface area (Å²) in [5.74, 6) is -1.81. The summed E-state index contributed by atoms with van der Waals surface area (Å²) in [7, 11) is 0. The Labute approximate surface area is 92.9 Å². The summed E-state index contributed by atoms with van der Waals surface area (Å²) in [6.07, 6.45) is 1.14. The molecule has 86 valence electrons. The topological polar surface area (TPSA) is 20.3 Å². The summed E-state index contributed by atoms with van der Waals surface area (Å²) in [5.41, 5.74) is 0.818.